The monoisotopic (exact) mass is 769 g/mol. The number of nitrogens with zero attached hydrogens (tertiary/aromatic N) is 1. The molecule has 0 radical (unpaired) electrons. The summed E-state index contributed by atoms with van der Waals surface area (Å²) in [7, 11) is 0. The quantitative estimate of drug-likeness (QED) is 0.127. The summed E-state index contributed by atoms with van der Waals surface area (Å²) in [5.74, 6) is 0. The first-order valence-corrected chi connectivity index (χ1v) is 20.9. The van der Waals surface area contributed by atoms with E-state index in [-0.39, 0.29) is 14.5 Å². The van der Waals surface area contributed by atoms with Crippen molar-refractivity contribution in [3.05, 3.63) is 164 Å². The molecule has 0 fully saturated rings. The van der Waals surface area contributed by atoms with Gasteiger partial charge in [-0.2, -0.15) is 0 Å². The number of rotatable bonds is 2. The maximum absolute atomic E-state index is 6.46. The first-order valence-electron chi connectivity index (χ1n) is 18.3. The van der Waals surface area contributed by atoms with E-state index in [0.29, 0.717) is 0 Å². The zero-order valence-electron chi connectivity index (χ0n) is 28.8. The molecule has 0 amide bonds. The zero-order valence-corrected chi connectivity index (χ0v) is 31.3. The van der Waals surface area contributed by atoms with Crippen LogP contribution in [-0.4, -0.2) is 19.1 Å². The summed E-state index contributed by atoms with van der Waals surface area (Å²) in [5, 5.41) is 15.0. The van der Waals surface area contributed by atoms with E-state index in [0.717, 1.165) is 21.9 Å². The van der Waals surface area contributed by atoms with Gasteiger partial charge in [0.1, 0.15) is 0 Å². The van der Waals surface area contributed by atoms with Crippen molar-refractivity contribution in [2.24, 2.45) is 0 Å². The van der Waals surface area contributed by atoms with Crippen LogP contribution in [0.4, 0.5) is 0 Å². The molecule has 0 aliphatic carbocycles. The van der Waals surface area contributed by atoms with Gasteiger partial charge in [0.2, 0.25) is 0 Å². The standard InChI is InChI=1S/C50H27NOSSe/c1-2-13-30-27-42-40(25-29(30)12-1)39-26-31(22-24-41(39)52-42)44-33-15-5-7-17-35(33)46(36-18-8-6-16-34(36)44)51-45-32-14-4-3-11-28(32)21-23-38(45)48-47(51)50-49(53-48)37-19-9-10-20-43(37)54-50/h1-27H. The van der Waals surface area contributed by atoms with Crippen molar-refractivity contribution in [3.63, 3.8) is 0 Å². The molecule has 0 unspecified atom stereocenters. The van der Waals surface area contributed by atoms with Crippen LogP contribution in [0.25, 0.3) is 122 Å². The summed E-state index contributed by atoms with van der Waals surface area (Å²) in [6, 6.07) is 60.5. The fourth-order valence-electron chi connectivity index (χ4n) is 9.21. The van der Waals surface area contributed by atoms with Crippen LogP contribution >= 0.6 is 11.3 Å². The van der Waals surface area contributed by atoms with E-state index < -0.39 is 0 Å². The molecule has 13 aromatic rings. The van der Waals surface area contributed by atoms with Crippen molar-refractivity contribution in [1.29, 1.82) is 0 Å². The molecule has 4 heterocycles. The van der Waals surface area contributed by atoms with E-state index in [1.807, 2.05) is 11.3 Å². The third-order valence-electron chi connectivity index (χ3n) is 11.5. The van der Waals surface area contributed by atoms with Crippen molar-refractivity contribution in [3.8, 4) is 16.8 Å². The maximum atomic E-state index is 6.46. The van der Waals surface area contributed by atoms with Gasteiger partial charge in [-0.25, -0.2) is 0 Å². The van der Waals surface area contributed by atoms with Gasteiger partial charge in [0.05, 0.1) is 0 Å². The molecule has 0 atom stereocenters. The molecule has 2 nitrogen and oxygen atoms in total. The van der Waals surface area contributed by atoms with Crippen molar-refractivity contribution in [2.45, 2.75) is 0 Å². The Labute approximate surface area is 318 Å². The topological polar surface area (TPSA) is 18.1 Å². The van der Waals surface area contributed by atoms with Gasteiger partial charge in [-0.05, 0) is 16.8 Å². The normalized spacial score (nSPS) is 12.4. The minimum atomic E-state index is 0.214. The Bertz CT molecular complexity index is 3690. The summed E-state index contributed by atoms with van der Waals surface area (Å²) >= 11 is 2.20. The van der Waals surface area contributed by atoms with Crippen LogP contribution in [0, 0.1) is 0 Å². The summed E-state index contributed by atoms with van der Waals surface area (Å²) in [6.45, 7) is 0. The van der Waals surface area contributed by atoms with Crippen LogP contribution in [-0.2, 0) is 0 Å². The minimum absolute atomic E-state index is 0.214. The molecule has 4 aromatic heterocycles. The van der Waals surface area contributed by atoms with Crippen molar-refractivity contribution >= 4 is 131 Å². The van der Waals surface area contributed by atoms with Crippen LogP contribution in [0.2, 0.25) is 0 Å². The Hall–Kier alpha value is -6.16. The molecular formula is C50H27NOSSe. The Kier molecular flexibility index (Phi) is 5.82. The van der Waals surface area contributed by atoms with Crippen molar-refractivity contribution in [1.82, 2.24) is 4.57 Å². The molecule has 4 heteroatoms. The molecule has 0 aliphatic rings. The zero-order chi connectivity index (χ0) is 35.1. The van der Waals surface area contributed by atoms with E-state index in [2.05, 4.69) is 168 Å². The molecule has 0 saturated carbocycles. The summed E-state index contributed by atoms with van der Waals surface area (Å²) in [4.78, 5) is 0. The number of hydrogen-bond donors (Lipinski definition) is 0. The van der Waals surface area contributed by atoms with Crippen LogP contribution in [0.5, 0.6) is 0 Å². The summed E-state index contributed by atoms with van der Waals surface area (Å²) in [5.41, 5.74) is 8.22. The molecule has 13 rings (SSSR count). The molecule has 0 spiro atoms. The van der Waals surface area contributed by atoms with Gasteiger partial charge in [0.15, 0.2) is 0 Å². The Morgan fingerprint density at radius 3 is 1.83 bits per heavy atom. The summed E-state index contributed by atoms with van der Waals surface area (Å²) < 4.78 is 14.9. The average Bonchev–Trinajstić information content (AvgIpc) is 3.96. The van der Waals surface area contributed by atoms with Crippen molar-refractivity contribution < 1.29 is 4.42 Å². The second kappa shape index (κ2) is 10.7. The number of thiophene rings is 1. The van der Waals surface area contributed by atoms with Crippen LogP contribution in [0.15, 0.2) is 168 Å². The van der Waals surface area contributed by atoms with E-state index in [1.54, 1.807) is 0 Å². The van der Waals surface area contributed by atoms with Gasteiger partial charge in [-0.15, -0.1) is 0 Å². The van der Waals surface area contributed by atoms with E-state index in [9.17, 15) is 0 Å². The number of furan rings is 1. The van der Waals surface area contributed by atoms with Gasteiger partial charge < -0.3 is 0 Å². The molecular weight excluding hydrogens is 742 g/mol. The van der Waals surface area contributed by atoms with Gasteiger partial charge in [-0.3, -0.25) is 0 Å². The van der Waals surface area contributed by atoms with Gasteiger partial charge in [-0.1, -0.05) is 24.3 Å². The molecule has 0 bridgehead atoms. The molecule has 0 saturated heterocycles. The number of fused-ring (bicyclic) bond motifs is 15. The molecule has 9 aromatic carbocycles. The third-order valence-corrected chi connectivity index (χ3v) is 15.5. The number of benzene rings is 9. The fourth-order valence-corrected chi connectivity index (χ4v) is 13.6. The molecule has 0 N–H and O–H groups in total. The number of aromatic nitrogens is 1. The van der Waals surface area contributed by atoms with E-state index in [4.69, 9.17) is 4.42 Å². The Balaban J connectivity index is 1.19. The molecule has 0 aliphatic heterocycles. The SMILES string of the molecule is c1ccc2cc3c(cc2c1)oc1ccc(-c2c4ccccc4c(-n4c5c6ccccc6ccc5c5sc6c7ccccc7[se]c6c54)c4ccccc24)cc13. The Morgan fingerprint density at radius 2 is 1.06 bits per heavy atom. The van der Waals surface area contributed by atoms with Gasteiger partial charge in [0.25, 0.3) is 0 Å². The van der Waals surface area contributed by atoms with Crippen molar-refractivity contribution in [2.75, 3.05) is 0 Å². The first-order chi connectivity index (χ1) is 26.8. The van der Waals surface area contributed by atoms with Gasteiger partial charge in [0, 0.05) is 0 Å². The van der Waals surface area contributed by atoms with Gasteiger partial charge >= 0.3 is 279 Å². The second-order valence-electron chi connectivity index (χ2n) is 14.4. The summed E-state index contributed by atoms with van der Waals surface area (Å²) in [6.07, 6.45) is 0. The van der Waals surface area contributed by atoms with Crippen LogP contribution in [0.3, 0.4) is 0 Å². The second-order valence-corrected chi connectivity index (χ2v) is 17.6. The third kappa shape index (κ3) is 3.84. The average molecular weight is 769 g/mol. The first kappa shape index (κ1) is 29.3. The van der Waals surface area contributed by atoms with Crippen LogP contribution in [0.1, 0.15) is 0 Å². The molecule has 250 valence electrons. The Morgan fingerprint density at radius 1 is 0.426 bits per heavy atom. The predicted octanol–water partition coefficient (Wildman–Crippen LogP) is 14.4. The van der Waals surface area contributed by atoms with Crippen LogP contribution < -0.4 is 0 Å². The molecule has 54 heavy (non-hydrogen) atoms. The predicted molar refractivity (Wildman–Crippen MR) is 233 cm³/mol. The van der Waals surface area contributed by atoms with E-state index in [1.165, 1.54) is 99.6 Å². The van der Waals surface area contributed by atoms with E-state index >= 15 is 0 Å². The number of hydrogen-bond acceptors (Lipinski definition) is 2. The fraction of sp³-hybridized carbons (Fsp3) is 0.